The topological polar surface area (TPSA) is 34.1 Å². The van der Waals surface area contributed by atoms with Crippen molar-refractivity contribution in [1.29, 1.82) is 0 Å². The fourth-order valence-corrected chi connectivity index (χ4v) is 3.72. The molecular formula is C15H12ClFO2S. The van der Waals surface area contributed by atoms with E-state index in [0.717, 1.165) is 0 Å². The van der Waals surface area contributed by atoms with Gasteiger partial charge in [-0.1, -0.05) is 42.4 Å². The standard InChI is InChI=1S/C15H12ClFO2S/c1-11(12-5-4-6-13(17)9-12)10-20(18,19)15-8-3-2-7-14(15)16/h2-9H,1,10H2. The highest BCUT2D eigenvalue weighted by Gasteiger charge is 2.19. The van der Waals surface area contributed by atoms with E-state index < -0.39 is 15.7 Å². The summed E-state index contributed by atoms with van der Waals surface area (Å²) in [5.41, 5.74) is 0.782. The second-order valence-electron chi connectivity index (χ2n) is 4.30. The minimum Gasteiger partial charge on any atom is -0.223 e. The van der Waals surface area contributed by atoms with Crippen molar-refractivity contribution in [2.45, 2.75) is 4.90 Å². The van der Waals surface area contributed by atoms with Crippen LogP contribution in [0.4, 0.5) is 4.39 Å². The normalized spacial score (nSPS) is 11.3. The van der Waals surface area contributed by atoms with Crippen molar-refractivity contribution < 1.29 is 12.8 Å². The molecule has 0 radical (unpaired) electrons. The summed E-state index contributed by atoms with van der Waals surface area (Å²) in [5.74, 6) is -0.737. The van der Waals surface area contributed by atoms with Gasteiger partial charge in [-0.3, -0.25) is 0 Å². The number of halogens is 2. The summed E-state index contributed by atoms with van der Waals surface area (Å²) < 4.78 is 37.7. The van der Waals surface area contributed by atoms with Gasteiger partial charge in [0.15, 0.2) is 9.84 Å². The Morgan fingerprint density at radius 3 is 2.50 bits per heavy atom. The lowest BCUT2D eigenvalue weighted by molar-refractivity contribution is 0.599. The maximum atomic E-state index is 13.1. The fraction of sp³-hybridized carbons (Fsp3) is 0.0667. The van der Waals surface area contributed by atoms with Gasteiger partial charge in [0, 0.05) is 0 Å². The van der Waals surface area contributed by atoms with Gasteiger partial charge in [0.2, 0.25) is 0 Å². The summed E-state index contributed by atoms with van der Waals surface area (Å²) in [7, 11) is -3.61. The Labute approximate surface area is 122 Å². The number of hydrogen-bond donors (Lipinski definition) is 0. The van der Waals surface area contributed by atoms with Gasteiger partial charge in [0.25, 0.3) is 0 Å². The van der Waals surface area contributed by atoms with E-state index in [4.69, 9.17) is 11.6 Å². The predicted molar refractivity (Wildman–Crippen MR) is 78.9 cm³/mol. The molecule has 0 heterocycles. The third-order valence-corrected chi connectivity index (χ3v) is 4.97. The maximum Gasteiger partial charge on any atom is 0.183 e. The highest BCUT2D eigenvalue weighted by molar-refractivity contribution is 7.92. The first kappa shape index (κ1) is 14.8. The second kappa shape index (κ2) is 5.77. The van der Waals surface area contributed by atoms with Crippen LogP contribution in [0.1, 0.15) is 5.56 Å². The molecular weight excluding hydrogens is 299 g/mol. The van der Waals surface area contributed by atoms with Crippen molar-refractivity contribution in [2.75, 3.05) is 5.75 Å². The van der Waals surface area contributed by atoms with Crippen molar-refractivity contribution in [3.63, 3.8) is 0 Å². The fourth-order valence-electron chi connectivity index (χ4n) is 1.80. The summed E-state index contributed by atoms with van der Waals surface area (Å²) >= 11 is 5.89. The van der Waals surface area contributed by atoms with Gasteiger partial charge in [0.05, 0.1) is 15.7 Å². The Kier molecular flexibility index (Phi) is 4.26. The van der Waals surface area contributed by atoms with E-state index >= 15 is 0 Å². The smallest absolute Gasteiger partial charge is 0.183 e. The summed E-state index contributed by atoms with van der Waals surface area (Å²) in [5, 5.41) is 0.166. The van der Waals surface area contributed by atoms with Crippen LogP contribution in [-0.4, -0.2) is 14.2 Å². The lowest BCUT2D eigenvalue weighted by Crippen LogP contribution is -2.08. The molecule has 2 aromatic rings. The van der Waals surface area contributed by atoms with E-state index in [0.29, 0.717) is 11.1 Å². The number of sulfone groups is 1. The Morgan fingerprint density at radius 2 is 1.85 bits per heavy atom. The van der Waals surface area contributed by atoms with Crippen molar-refractivity contribution >= 4 is 27.0 Å². The minimum absolute atomic E-state index is 0.0548. The zero-order valence-electron chi connectivity index (χ0n) is 10.5. The lowest BCUT2D eigenvalue weighted by Gasteiger charge is -2.09. The lowest BCUT2D eigenvalue weighted by atomic mass is 10.1. The van der Waals surface area contributed by atoms with Crippen LogP contribution in [0.2, 0.25) is 5.02 Å². The molecule has 2 aromatic carbocycles. The van der Waals surface area contributed by atoms with Crippen molar-refractivity contribution in [3.05, 3.63) is 71.5 Å². The van der Waals surface area contributed by atoms with Crippen LogP contribution in [0.25, 0.3) is 5.57 Å². The Bertz CT molecular complexity index is 754. The molecule has 0 N–H and O–H groups in total. The van der Waals surface area contributed by atoms with Crippen LogP contribution in [-0.2, 0) is 9.84 Å². The van der Waals surface area contributed by atoms with Crippen LogP contribution in [0.15, 0.2) is 60.0 Å². The number of rotatable bonds is 4. The van der Waals surface area contributed by atoms with Gasteiger partial charge in [-0.15, -0.1) is 0 Å². The number of benzene rings is 2. The minimum atomic E-state index is -3.61. The first-order chi connectivity index (χ1) is 9.40. The SMILES string of the molecule is C=C(CS(=O)(=O)c1ccccc1Cl)c1cccc(F)c1. The van der Waals surface area contributed by atoms with Crippen LogP contribution in [0, 0.1) is 5.82 Å². The van der Waals surface area contributed by atoms with Gasteiger partial charge in [0.1, 0.15) is 5.82 Å². The molecule has 0 aliphatic rings. The summed E-state index contributed by atoms with van der Waals surface area (Å²) in [4.78, 5) is 0.0548. The summed E-state index contributed by atoms with van der Waals surface area (Å²) in [6, 6.07) is 11.9. The monoisotopic (exact) mass is 310 g/mol. The van der Waals surface area contributed by atoms with E-state index in [1.807, 2.05) is 0 Å². The molecule has 104 valence electrons. The molecule has 0 saturated carbocycles. The molecule has 0 saturated heterocycles. The van der Waals surface area contributed by atoms with E-state index in [2.05, 4.69) is 6.58 Å². The summed E-state index contributed by atoms with van der Waals surface area (Å²) in [6.45, 7) is 3.72. The van der Waals surface area contributed by atoms with Gasteiger partial charge in [-0.2, -0.15) is 0 Å². The molecule has 2 rings (SSSR count). The average molecular weight is 311 g/mol. The highest BCUT2D eigenvalue weighted by Crippen LogP contribution is 2.25. The zero-order chi connectivity index (χ0) is 14.8. The molecule has 20 heavy (non-hydrogen) atoms. The average Bonchev–Trinajstić information content (AvgIpc) is 2.38. The van der Waals surface area contributed by atoms with Crippen LogP contribution in [0.3, 0.4) is 0 Å². The Balaban J connectivity index is 2.30. The Hall–Kier alpha value is -1.65. The van der Waals surface area contributed by atoms with E-state index in [-0.39, 0.29) is 15.7 Å². The van der Waals surface area contributed by atoms with Crippen molar-refractivity contribution in [1.82, 2.24) is 0 Å². The third-order valence-electron chi connectivity index (χ3n) is 2.77. The molecule has 0 atom stereocenters. The van der Waals surface area contributed by atoms with Gasteiger partial charge in [-0.25, -0.2) is 12.8 Å². The summed E-state index contributed by atoms with van der Waals surface area (Å²) in [6.07, 6.45) is 0. The predicted octanol–water partition coefficient (Wildman–Crippen LogP) is 3.97. The number of hydrogen-bond acceptors (Lipinski definition) is 2. The molecule has 0 amide bonds. The Morgan fingerprint density at radius 1 is 1.15 bits per heavy atom. The van der Waals surface area contributed by atoms with Gasteiger partial charge >= 0.3 is 0 Å². The van der Waals surface area contributed by atoms with E-state index in [1.165, 1.54) is 30.3 Å². The largest absolute Gasteiger partial charge is 0.223 e. The van der Waals surface area contributed by atoms with Gasteiger partial charge < -0.3 is 0 Å². The second-order valence-corrected chi connectivity index (χ2v) is 6.67. The first-order valence-corrected chi connectivity index (χ1v) is 7.84. The molecule has 0 aromatic heterocycles. The van der Waals surface area contributed by atoms with Crippen LogP contribution < -0.4 is 0 Å². The highest BCUT2D eigenvalue weighted by atomic mass is 35.5. The molecule has 0 bridgehead atoms. The van der Waals surface area contributed by atoms with Crippen LogP contribution >= 0.6 is 11.6 Å². The molecule has 0 unspecified atom stereocenters. The first-order valence-electron chi connectivity index (χ1n) is 5.81. The maximum absolute atomic E-state index is 13.1. The molecule has 0 aliphatic heterocycles. The van der Waals surface area contributed by atoms with Crippen molar-refractivity contribution in [2.24, 2.45) is 0 Å². The van der Waals surface area contributed by atoms with Gasteiger partial charge in [-0.05, 0) is 35.4 Å². The molecule has 0 aliphatic carbocycles. The molecule has 2 nitrogen and oxygen atoms in total. The molecule has 5 heteroatoms. The quantitative estimate of drug-likeness (QED) is 0.856. The van der Waals surface area contributed by atoms with E-state index in [1.54, 1.807) is 18.2 Å². The third kappa shape index (κ3) is 3.26. The van der Waals surface area contributed by atoms with Crippen LogP contribution in [0.5, 0.6) is 0 Å². The molecule has 0 spiro atoms. The van der Waals surface area contributed by atoms with E-state index in [9.17, 15) is 12.8 Å². The van der Waals surface area contributed by atoms with Crippen molar-refractivity contribution in [3.8, 4) is 0 Å². The molecule has 0 fully saturated rings. The zero-order valence-corrected chi connectivity index (χ0v) is 12.1.